The minimum absolute atomic E-state index is 0.0371. The molecule has 0 saturated heterocycles. The van der Waals surface area contributed by atoms with Gasteiger partial charge in [-0.05, 0) is 50.3 Å². The topological polar surface area (TPSA) is 73.9 Å². The van der Waals surface area contributed by atoms with Crippen LogP contribution in [0, 0.1) is 0 Å². The first-order valence-electron chi connectivity index (χ1n) is 9.07. The molecule has 0 aromatic heterocycles. The summed E-state index contributed by atoms with van der Waals surface area (Å²) in [6.45, 7) is 1.74. The fraction of sp³-hybridized carbons (Fsp3) is 0.500. The standard InChI is InChI=1S/C20H24BrNO5/c1-11-19(20(24)27-12-6-4-5-7-12)14(9-18(23)22-11)13-8-16(25-2)17(26-3)10-15(13)21/h8,10,12,14H,4-7,9H2,1-3H3,(H,22,23)/t14-/m0/s1. The highest BCUT2D eigenvalue weighted by Crippen LogP contribution is 2.42. The molecule has 1 heterocycles. The van der Waals surface area contributed by atoms with Gasteiger partial charge in [0.25, 0.3) is 0 Å². The van der Waals surface area contributed by atoms with Crippen molar-refractivity contribution in [3.05, 3.63) is 33.4 Å². The van der Waals surface area contributed by atoms with Gasteiger partial charge in [-0.25, -0.2) is 4.79 Å². The Bertz CT molecular complexity index is 783. The molecule has 0 radical (unpaired) electrons. The number of carbonyl (C=O) groups excluding carboxylic acids is 2. The summed E-state index contributed by atoms with van der Waals surface area (Å²) in [7, 11) is 3.12. The van der Waals surface area contributed by atoms with Gasteiger partial charge in [0.1, 0.15) is 6.10 Å². The van der Waals surface area contributed by atoms with E-state index < -0.39 is 5.92 Å². The molecular formula is C20H24BrNO5. The minimum atomic E-state index is -0.415. The highest BCUT2D eigenvalue weighted by atomic mass is 79.9. The number of nitrogens with one attached hydrogen (secondary N) is 1. The van der Waals surface area contributed by atoms with Gasteiger partial charge in [-0.1, -0.05) is 15.9 Å². The smallest absolute Gasteiger partial charge is 0.336 e. The second-order valence-electron chi connectivity index (χ2n) is 6.88. The summed E-state index contributed by atoms with van der Waals surface area (Å²) in [6.07, 6.45) is 4.09. The molecule has 1 aliphatic heterocycles. The second kappa shape index (κ2) is 8.33. The first-order chi connectivity index (χ1) is 12.9. The number of carbonyl (C=O) groups is 2. The Balaban J connectivity index is 1.99. The molecule has 27 heavy (non-hydrogen) atoms. The van der Waals surface area contributed by atoms with E-state index >= 15 is 0 Å². The maximum absolute atomic E-state index is 12.9. The van der Waals surface area contributed by atoms with Crippen LogP contribution in [0.25, 0.3) is 0 Å². The van der Waals surface area contributed by atoms with Crippen LogP contribution in [0.2, 0.25) is 0 Å². The summed E-state index contributed by atoms with van der Waals surface area (Å²) in [6, 6.07) is 3.60. The van der Waals surface area contributed by atoms with Crippen molar-refractivity contribution >= 4 is 27.8 Å². The Morgan fingerprint density at radius 1 is 1.15 bits per heavy atom. The van der Waals surface area contributed by atoms with Crippen molar-refractivity contribution in [3.8, 4) is 11.5 Å². The molecule has 0 bridgehead atoms. The van der Waals surface area contributed by atoms with Gasteiger partial charge in [-0.15, -0.1) is 0 Å². The number of benzene rings is 1. The van der Waals surface area contributed by atoms with Gasteiger partial charge in [0.05, 0.1) is 19.8 Å². The number of esters is 1. The van der Waals surface area contributed by atoms with Crippen LogP contribution in [0.1, 0.15) is 50.5 Å². The van der Waals surface area contributed by atoms with Crippen molar-refractivity contribution in [1.29, 1.82) is 0 Å². The normalized spacial score (nSPS) is 20.4. The number of rotatable bonds is 5. The minimum Gasteiger partial charge on any atom is -0.493 e. The molecular weight excluding hydrogens is 414 g/mol. The molecule has 1 aromatic carbocycles. The van der Waals surface area contributed by atoms with E-state index in [1.165, 1.54) is 0 Å². The summed E-state index contributed by atoms with van der Waals surface area (Å²) in [4.78, 5) is 25.1. The van der Waals surface area contributed by atoms with E-state index in [0.717, 1.165) is 35.7 Å². The third-order valence-electron chi connectivity index (χ3n) is 5.14. The summed E-state index contributed by atoms with van der Waals surface area (Å²) >= 11 is 3.55. The van der Waals surface area contributed by atoms with E-state index in [-0.39, 0.29) is 24.4 Å². The highest BCUT2D eigenvalue weighted by Gasteiger charge is 2.35. The van der Waals surface area contributed by atoms with Crippen LogP contribution in [0.4, 0.5) is 0 Å². The highest BCUT2D eigenvalue weighted by molar-refractivity contribution is 9.10. The number of allylic oxidation sites excluding steroid dienone is 1. The predicted molar refractivity (Wildman–Crippen MR) is 104 cm³/mol. The zero-order valence-corrected chi connectivity index (χ0v) is 17.4. The van der Waals surface area contributed by atoms with Crippen molar-refractivity contribution in [2.24, 2.45) is 0 Å². The van der Waals surface area contributed by atoms with E-state index in [4.69, 9.17) is 14.2 Å². The number of halogens is 1. The van der Waals surface area contributed by atoms with Crippen LogP contribution in [0.5, 0.6) is 11.5 Å². The average molecular weight is 438 g/mol. The quantitative estimate of drug-likeness (QED) is 0.708. The summed E-state index contributed by atoms with van der Waals surface area (Å²) < 4.78 is 17.2. The number of hydrogen-bond acceptors (Lipinski definition) is 5. The molecule has 6 nitrogen and oxygen atoms in total. The molecule has 146 valence electrons. The van der Waals surface area contributed by atoms with Gasteiger partial charge in [0, 0.05) is 22.5 Å². The van der Waals surface area contributed by atoms with Crippen LogP contribution in [-0.4, -0.2) is 32.2 Å². The van der Waals surface area contributed by atoms with Gasteiger partial charge in [0.2, 0.25) is 5.91 Å². The zero-order chi connectivity index (χ0) is 19.6. The third kappa shape index (κ3) is 4.13. The molecule has 3 rings (SSSR count). The largest absolute Gasteiger partial charge is 0.493 e. The maximum atomic E-state index is 12.9. The van der Waals surface area contributed by atoms with Crippen molar-refractivity contribution in [1.82, 2.24) is 5.32 Å². The molecule has 0 spiro atoms. The Morgan fingerprint density at radius 2 is 1.78 bits per heavy atom. The van der Waals surface area contributed by atoms with Gasteiger partial charge in [-0.3, -0.25) is 4.79 Å². The lowest BCUT2D eigenvalue weighted by molar-refractivity contribution is -0.144. The van der Waals surface area contributed by atoms with Crippen LogP contribution >= 0.6 is 15.9 Å². The number of ether oxygens (including phenoxy) is 3. The van der Waals surface area contributed by atoms with Gasteiger partial charge in [0.15, 0.2) is 11.5 Å². The third-order valence-corrected chi connectivity index (χ3v) is 5.83. The Morgan fingerprint density at radius 3 is 2.41 bits per heavy atom. The van der Waals surface area contributed by atoms with E-state index in [1.807, 2.05) is 6.07 Å². The lowest BCUT2D eigenvalue weighted by atomic mass is 9.84. The Kier molecular flexibility index (Phi) is 6.09. The van der Waals surface area contributed by atoms with E-state index in [2.05, 4.69) is 21.2 Å². The molecule has 1 atom stereocenters. The van der Waals surface area contributed by atoms with Crippen molar-refractivity contribution < 1.29 is 23.8 Å². The summed E-state index contributed by atoms with van der Waals surface area (Å²) in [5.41, 5.74) is 1.83. The van der Waals surface area contributed by atoms with Crippen LogP contribution in [0.15, 0.2) is 27.9 Å². The van der Waals surface area contributed by atoms with Crippen molar-refractivity contribution in [3.63, 3.8) is 0 Å². The number of methoxy groups -OCH3 is 2. The first kappa shape index (κ1) is 19.7. The fourth-order valence-electron chi connectivity index (χ4n) is 3.80. The summed E-state index contributed by atoms with van der Waals surface area (Å²) in [5.74, 6) is 0.219. The molecule has 1 amide bonds. The molecule has 1 fully saturated rings. The Labute approximate surface area is 167 Å². The van der Waals surface area contributed by atoms with Crippen LogP contribution in [0.3, 0.4) is 0 Å². The van der Waals surface area contributed by atoms with Crippen LogP contribution in [-0.2, 0) is 14.3 Å². The van der Waals surface area contributed by atoms with Gasteiger partial charge in [-0.2, -0.15) is 0 Å². The maximum Gasteiger partial charge on any atom is 0.336 e. The monoisotopic (exact) mass is 437 g/mol. The van der Waals surface area contributed by atoms with Crippen molar-refractivity contribution in [2.45, 2.75) is 51.0 Å². The van der Waals surface area contributed by atoms with Gasteiger partial charge < -0.3 is 19.5 Å². The summed E-state index contributed by atoms with van der Waals surface area (Å²) in [5, 5.41) is 2.77. The molecule has 0 unspecified atom stereocenters. The lowest BCUT2D eigenvalue weighted by Gasteiger charge is -2.28. The molecule has 7 heteroatoms. The predicted octanol–water partition coefficient (Wildman–Crippen LogP) is 3.83. The zero-order valence-electron chi connectivity index (χ0n) is 15.8. The molecule has 1 aromatic rings. The molecule has 1 N–H and O–H groups in total. The molecule has 1 saturated carbocycles. The average Bonchev–Trinajstić information content (AvgIpc) is 3.13. The van der Waals surface area contributed by atoms with Gasteiger partial charge >= 0.3 is 5.97 Å². The number of hydrogen-bond donors (Lipinski definition) is 1. The lowest BCUT2D eigenvalue weighted by Crippen LogP contribution is -2.35. The van der Waals surface area contributed by atoms with Crippen molar-refractivity contribution in [2.75, 3.05) is 14.2 Å². The molecule has 1 aliphatic carbocycles. The van der Waals surface area contributed by atoms with E-state index in [0.29, 0.717) is 22.8 Å². The van der Waals surface area contributed by atoms with E-state index in [1.54, 1.807) is 27.2 Å². The van der Waals surface area contributed by atoms with Crippen LogP contribution < -0.4 is 14.8 Å². The fourth-order valence-corrected chi connectivity index (χ4v) is 4.39. The molecule has 2 aliphatic rings. The number of amides is 1. The van der Waals surface area contributed by atoms with E-state index in [9.17, 15) is 9.59 Å². The SMILES string of the molecule is COc1cc(Br)c([C@@H]2CC(=O)NC(C)=C2C(=O)OC2CCCC2)cc1OC. The Hall–Kier alpha value is -2.02. The first-order valence-corrected chi connectivity index (χ1v) is 9.87. The second-order valence-corrected chi connectivity index (χ2v) is 7.74.